The number of esters is 1. The van der Waals surface area contributed by atoms with Crippen molar-refractivity contribution in [1.82, 2.24) is 0 Å². The number of nitrogens with zero attached hydrogens (tertiary/aromatic N) is 1. The van der Waals surface area contributed by atoms with Gasteiger partial charge in [-0.05, 0) is 49.4 Å². The first-order valence-electron chi connectivity index (χ1n) is 9.07. The minimum Gasteiger partial charge on any atom is -0.462 e. The third kappa shape index (κ3) is 5.04. The van der Waals surface area contributed by atoms with Crippen molar-refractivity contribution >= 4 is 39.6 Å². The zero-order chi connectivity index (χ0) is 21.5. The first kappa shape index (κ1) is 21.1. The van der Waals surface area contributed by atoms with Gasteiger partial charge in [-0.3, -0.25) is 4.79 Å². The van der Waals surface area contributed by atoms with E-state index < -0.39 is 11.9 Å². The molecule has 0 saturated heterocycles. The number of anilines is 1. The van der Waals surface area contributed by atoms with E-state index in [0.717, 1.165) is 10.0 Å². The zero-order valence-electron chi connectivity index (χ0n) is 16.0. The molecule has 7 heteroatoms. The number of hydrogen-bond acceptors (Lipinski definition) is 5. The molecular weight excluding hydrogens is 448 g/mol. The van der Waals surface area contributed by atoms with Crippen molar-refractivity contribution < 1.29 is 18.7 Å². The Hall–Kier alpha value is -3.63. The van der Waals surface area contributed by atoms with Gasteiger partial charge >= 0.3 is 5.97 Å². The molecule has 0 atom stereocenters. The Labute approximate surface area is 181 Å². The van der Waals surface area contributed by atoms with Crippen molar-refractivity contribution in [2.45, 2.75) is 6.92 Å². The topological polar surface area (TPSA) is 92.3 Å². The molecule has 0 aliphatic carbocycles. The molecular formula is C23H17BrN2O4. The first-order chi connectivity index (χ1) is 14.5. The van der Waals surface area contributed by atoms with Gasteiger partial charge in [-0.25, -0.2) is 4.79 Å². The van der Waals surface area contributed by atoms with E-state index in [9.17, 15) is 14.9 Å². The van der Waals surface area contributed by atoms with Gasteiger partial charge in [-0.2, -0.15) is 5.26 Å². The third-order valence-corrected chi connectivity index (χ3v) is 4.76. The monoisotopic (exact) mass is 464 g/mol. The summed E-state index contributed by atoms with van der Waals surface area (Å²) >= 11 is 3.47. The Balaban J connectivity index is 1.74. The van der Waals surface area contributed by atoms with Crippen LogP contribution in [0.4, 0.5) is 5.69 Å². The van der Waals surface area contributed by atoms with E-state index in [2.05, 4.69) is 21.2 Å². The molecule has 150 valence electrons. The maximum absolute atomic E-state index is 12.5. The smallest absolute Gasteiger partial charge is 0.338 e. The molecule has 30 heavy (non-hydrogen) atoms. The molecule has 0 saturated carbocycles. The highest BCUT2D eigenvalue weighted by atomic mass is 79.9. The summed E-state index contributed by atoms with van der Waals surface area (Å²) in [6.07, 6.45) is 1.38. The molecule has 1 aromatic heterocycles. The second kappa shape index (κ2) is 9.72. The van der Waals surface area contributed by atoms with Crippen LogP contribution in [0.15, 0.2) is 75.1 Å². The largest absolute Gasteiger partial charge is 0.462 e. The molecule has 1 amide bonds. The lowest BCUT2D eigenvalue weighted by Crippen LogP contribution is -2.13. The Morgan fingerprint density at radius 1 is 1.13 bits per heavy atom. The highest BCUT2D eigenvalue weighted by molar-refractivity contribution is 9.10. The number of hydrogen-bond donors (Lipinski definition) is 1. The molecule has 6 nitrogen and oxygen atoms in total. The van der Waals surface area contributed by atoms with Gasteiger partial charge in [-0.15, -0.1) is 0 Å². The molecule has 0 aliphatic heterocycles. The number of halogens is 1. The number of carbonyl (C=O) groups excluding carboxylic acids is 2. The van der Waals surface area contributed by atoms with Crippen LogP contribution in [-0.4, -0.2) is 18.5 Å². The van der Waals surface area contributed by atoms with Gasteiger partial charge in [0.25, 0.3) is 5.91 Å². The molecule has 3 aromatic rings. The van der Waals surface area contributed by atoms with Gasteiger partial charge in [0.05, 0.1) is 12.2 Å². The van der Waals surface area contributed by atoms with Crippen LogP contribution in [0.1, 0.15) is 23.0 Å². The van der Waals surface area contributed by atoms with Gasteiger partial charge in [0.15, 0.2) is 0 Å². The summed E-state index contributed by atoms with van der Waals surface area (Å²) < 4.78 is 11.6. The van der Waals surface area contributed by atoms with Crippen LogP contribution < -0.4 is 5.32 Å². The summed E-state index contributed by atoms with van der Waals surface area (Å²) in [4.78, 5) is 24.1. The van der Waals surface area contributed by atoms with E-state index >= 15 is 0 Å². The van der Waals surface area contributed by atoms with Crippen molar-refractivity contribution in [3.63, 3.8) is 0 Å². The quantitative estimate of drug-likeness (QED) is 0.298. The number of nitrogens with one attached hydrogen (secondary N) is 1. The van der Waals surface area contributed by atoms with Crippen LogP contribution in [0.3, 0.4) is 0 Å². The lowest BCUT2D eigenvalue weighted by molar-refractivity contribution is -0.112. The highest BCUT2D eigenvalue weighted by Crippen LogP contribution is 2.30. The number of benzene rings is 2. The summed E-state index contributed by atoms with van der Waals surface area (Å²) in [5.74, 6) is -0.0296. The number of ether oxygens (including phenoxy) is 1. The number of amides is 1. The fourth-order valence-corrected chi connectivity index (χ4v) is 3.11. The average Bonchev–Trinajstić information content (AvgIpc) is 3.21. The molecule has 0 bridgehead atoms. The molecule has 0 fully saturated rings. The summed E-state index contributed by atoms with van der Waals surface area (Å²) in [6, 6.07) is 19.1. The zero-order valence-corrected chi connectivity index (χ0v) is 17.6. The van der Waals surface area contributed by atoms with Gasteiger partial charge in [0.2, 0.25) is 0 Å². The van der Waals surface area contributed by atoms with Crippen molar-refractivity contribution in [2.24, 2.45) is 0 Å². The van der Waals surface area contributed by atoms with Crippen LogP contribution in [0.25, 0.3) is 17.4 Å². The standard InChI is InChI=1S/C23H17BrN2O4/c1-2-29-23(28)15-7-9-17(10-8-15)26-22(27)16(14-25)13-18-11-12-21(30-18)19-5-3-4-6-20(19)24/h3-13H,2H2,1H3,(H,26,27)/b16-13+. The highest BCUT2D eigenvalue weighted by Gasteiger charge is 2.13. The van der Waals surface area contributed by atoms with Crippen LogP contribution in [0, 0.1) is 11.3 Å². The molecule has 0 unspecified atom stereocenters. The summed E-state index contributed by atoms with van der Waals surface area (Å²) in [7, 11) is 0. The SMILES string of the molecule is CCOC(=O)c1ccc(NC(=O)/C(C#N)=C/c2ccc(-c3ccccc3Br)o2)cc1. The molecule has 3 rings (SSSR count). The number of furan rings is 1. The van der Waals surface area contributed by atoms with Crippen molar-refractivity contribution in [2.75, 3.05) is 11.9 Å². The molecule has 0 radical (unpaired) electrons. The van der Waals surface area contributed by atoms with Gasteiger partial charge in [0, 0.05) is 21.8 Å². The van der Waals surface area contributed by atoms with Crippen LogP contribution in [0.5, 0.6) is 0 Å². The maximum Gasteiger partial charge on any atom is 0.338 e. The fraction of sp³-hybridized carbons (Fsp3) is 0.0870. The molecule has 0 spiro atoms. The van der Waals surface area contributed by atoms with E-state index in [-0.39, 0.29) is 12.2 Å². The minimum atomic E-state index is -0.583. The lowest BCUT2D eigenvalue weighted by Gasteiger charge is -2.06. The van der Waals surface area contributed by atoms with Crippen LogP contribution >= 0.6 is 15.9 Å². The first-order valence-corrected chi connectivity index (χ1v) is 9.86. The predicted molar refractivity (Wildman–Crippen MR) is 116 cm³/mol. The number of nitriles is 1. The van der Waals surface area contributed by atoms with E-state index in [1.807, 2.05) is 30.3 Å². The molecule has 1 heterocycles. The van der Waals surface area contributed by atoms with Crippen molar-refractivity contribution in [3.8, 4) is 17.4 Å². The molecule has 0 aliphatic rings. The van der Waals surface area contributed by atoms with Gasteiger partial charge in [-0.1, -0.05) is 34.1 Å². The average molecular weight is 465 g/mol. The maximum atomic E-state index is 12.5. The van der Waals surface area contributed by atoms with E-state index in [4.69, 9.17) is 9.15 Å². The fourth-order valence-electron chi connectivity index (χ4n) is 2.63. The van der Waals surface area contributed by atoms with Crippen LogP contribution in [0.2, 0.25) is 0 Å². The normalized spacial score (nSPS) is 10.9. The third-order valence-electron chi connectivity index (χ3n) is 4.07. The van der Waals surface area contributed by atoms with Crippen molar-refractivity contribution in [3.05, 3.63) is 82.0 Å². The molecule has 1 N–H and O–H groups in total. The number of carbonyl (C=O) groups is 2. The number of rotatable bonds is 6. The Morgan fingerprint density at radius 2 is 1.87 bits per heavy atom. The Kier molecular flexibility index (Phi) is 6.83. The summed E-state index contributed by atoms with van der Waals surface area (Å²) in [6.45, 7) is 2.01. The van der Waals surface area contributed by atoms with Crippen molar-refractivity contribution in [1.29, 1.82) is 5.26 Å². The Bertz CT molecular complexity index is 1140. The Morgan fingerprint density at radius 3 is 2.53 bits per heavy atom. The van der Waals surface area contributed by atoms with E-state index in [1.54, 1.807) is 43.3 Å². The summed E-state index contributed by atoms with van der Waals surface area (Å²) in [5, 5.41) is 12.0. The second-order valence-corrected chi connectivity index (χ2v) is 6.96. The second-order valence-electron chi connectivity index (χ2n) is 6.10. The summed E-state index contributed by atoms with van der Waals surface area (Å²) in [5.41, 5.74) is 1.57. The lowest BCUT2D eigenvalue weighted by atomic mass is 10.2. The molecule has 2 aromatic carbocycles. The van der Waals surface area contributed by atoms with Crippen LogP contribution in [-0.2, 0) is 9.53 Å². The van der Waals surface area contributed by atoms with E-state index in [1.165, 1.54) is 6.08 Å². The predicted octanol–water partition coefficient (Wildman–Crippen LogP) is 5.43. The van der Waals surface area contributed by atoms with E-state index in [0.29, 0.717) is 22.8 Å². The van der Waals surface area contributed by atoms with Gasteiger partial charge < -0.3 is 14.5 Å². The minimum absolute atomic E-state index is 0.113. The van der Waals surface area contributed by atoms with Gasteiger partial charge in [0.1, 0.15) is 23.2 Å².